The van der Waals surface area contributed by atoms with E-state index in [4.69, 9.17) is 9.97 Å². The third kappa shape index (κ3) is 2.61. The predicted molar refractivity (Wildman–Crippen MR) is 86.7 cm³/mol. The molecule has 1 fully saturated rings. The normalized spacial score (nSPS) is 23.0. The molecule has 1 saturated heterocycles. The minimum absolute atomic E-state index is 0.0157. The van der Waals surface area contributed by atoms with Crippen LogP contribution in [0.15, 0.2) is 0 Å². The van der Waals surface area contributed by atoms with Crippen molar-refractivity contribution in [2.75, 3.05) is 13.1 Å². The number of hydrogen-bond donors (Lipinski definition) is 0. The summed E-state index contributed by atoms with van der Waals surface area (Å²) in [5.41, 5.74) is 4.16. The average Bonchev–Trinajstić information content (AvgIpc) is 2.83. The number of hydrogen-bond acceptors (Lipinski definition) is 3. The summed E-state index contributed by atoms with van der Waals surface area (Å²) >= 11 is 0. The van der Waals surface area contributed by atoms with Crippen LogP contribution in [0.5, 0.6) is 0 Å². The lowest BCUT2D eigenvalue weighted by atomic mass is 9.82. The molecule has 0 aromatic carbocycles. The lowest BCUT2D eigenvalue weighted by molar-refractivity contribution is 0.236. The predicted octanol–water partition coefficient (Wildman–Crippen LogP) is 3.76. The van der Waals surface area contributed by atoms with E-state index in [1.165, 1.54) is 42.9 Å². The number of rotatable bonds is 0. The molecule has 1 aromatic rings. The Morgan fingerprint density at radius 2 is 1.67 bits per heavy atom. The number of fused-ring (bicyclic) bond motifs is 3. The first-order chi connectivity index (χ1) is 9.68. The molecule has 3 heteroatoms. The molecule has 1 atom stereocenters. The minimum atomic E-state index is 0.0157. The average molecular weight is 287 g/mol. The Hall–Kier alpha value is -0.960. The van der Waals surface area contributed by atoms with Gasteiger partial charge in [-0.15, -0.1) is 0 Å². The Bertz CT molecular complexity index is 549. The third-order valence-electron chi connectivity index (χ3n) is 4.74. The second-order valence-corrected chi connectivity index (χ2v) is 8.70. The van der Waals surface area contributed by atoms with E-state index in [1.807, 2.05) is 0 Å². The molecule has 3 heterocycles. The van der Waals surface area contributed by atoms with Gasteiger partial charge in [-0.25, -0.2) is 9.97 Å². The molecule has 0 aliphatic carbocycles. The maximum atomic E-state index is 5.05. The summed E-state index contributed by atoms with van der Waals surface area (Å²) in [6.45, 7) is 15.9. The summed E-state index contributed by atoms with van der Waals surface area (Å²) in [6, 6.07) is 0.567. The van der Waals surface area contributed by atoms with Gasteiger partial charge >= 0.3 is 0 Å². The van der Waals surface area contributed by atoms with Gasteiger partial charge < -0.3 is 0 Å². The van der Waals surface area contributed by atoms with Crippen LogP contribution in [0.2, 0.25) is 0 Å². The third-order valence-corrected chi connectivity index (χ3v) is 4.74. The fourth-order valence-corrected chi connectivity index (χ4v) is 3.63. The Kier molecular flexibility index (Phi) is 3.40. The summed E-state index contributed by atoms with van der Waals surface area (Å²) in [5, 5.41) is 0. The van der Waals surface area contributed by atoms with E-state index in [-0.39, 0.29) is 10.8 Å². The molecule has 2 aliphatic rings. The van der Waals surface area contributed by atoms with Crippen LogP contribution in [0.3, 0.4) is 0 Å². The molecular weight excluding hydrogens is 258 g/mol. The smallest absolute Gasteiger partial charge is 0.134 e. The Morgan fingerprint density at radius 3 is 2.29 bits per heavy atom. The zero-order valence-corrected chi connectivity index (χ0v) is 14.5. The van der Waals surface area contributed by atoms with Crippen LogP contribution >= 0.6 is 0 Å². The molecule has 116 valence electrons. The summed E-state index contributed by atoms with van der Waals surface area (Å²) in [7, 11) is 0. The van der Waals surface area contributed by atoms with Crippen molar-refractivity contribution in [2.45, 2.75) is 77.7 Å². The van der Waals surface area contributed by atoms with Crippen LogP contribution in [0, 0.1) is 0 Å². The molecule has 1 unspecified atom stereocenters. The molecule has 21 heavy (non-hydrogen) atoms. The molecule has 0 amide bonds. The summed E-state index contributed by atoms with van der Waals surface area (Å²) in [5.74, 6) is 1.01. The quantitative estimate of drug-likeness (QED) is 0.727. The first kappa shape index (κ1) is 15.0. The summed E-state index contributed by atoms with van der Waals surface area (Å²) in [6.07, 6.45) is 3.67. The maximum absolute atomic E-state index is 5.05. The fourth-order valence-electron chi connectivity index (χ4n) is 3.63. The van der Waals surface area contributed by atoms with Gasteiger partial charge in [-0.05, 0) is 19.4 Å². The van der Waals surface area contributed by atoms with E-state index in [0.717, 1.165) is 12.2 Å². The van der Waals surface area contributed by atoms with Gasteiger partial charge in [0.05, 0.1) is 11.4 Å². The lowest BCUT2D eigenvalue weighted by Crippen LogP contribution is -2.36. The Balaban J connectivity index is 2.20. The van der Waals surface area contributed by atoms with Crippen molar-refractivity contribution < 1.29 is 0 Å². The highest BCUT2D eigenvalue weighted by atomic mass is 15.2. The van der Waals surface area contributed by atoms with Crippen molar-refractivity contribution in [2.24, 2.45) is 0 Å². The van der Waals surface area contributed by atoms with E-state index in [0.29, 0.717) is 6.04 Å². The van der Waals surface area contributed by atoms with Gasteiger partial charge in [-0.2, -0.15) is 0 Å². The molecule has 3 nitrogen and oxygen atoms in total. The van der Waals surface area contributed by atoms with Crippen molar-refractivity contribution in [3.05, 3.63) is 22.8 Å². The molecular formula is C18H29N3. The van der Waals surface area contributed by atoms with Gasteiger partial charge in [0.2, 0.25) is 0 Å². The molecule has 0 bridgehead atoms. The van der Waals surface area contributed by atoms with Gasteiger partial charge in [0.15, 0.2) is 0 Å². The van der Waals surface area contributed by atoms with Crippen molar-refractivity contribution >= 4 is 0 Å². The van der Waals surface area contributed by atoms with Crippen LogP contribution in [0.1, 0.15) is 83.2 Å². The number of aromatic nitrogens is 2. The highest BCUT2D eigenvalue weighted by Gasteiger charge is 2.38. The molecule has 0 saturated carbocycles. The number of nitrogens with zero attached hydrogens (tertiary/aromatic N) is 3. The van der Waals surface area contributed by atoms with Gasteiger partial charge in [-0.3, -0.25) is 4.90 Å². The Labute approximate surface area is 129 Å². The molecule has 0 N–H and O–H groups in total. The van der Waals surface area contributed by atoms with Crippen LogP contribution < -0.4 is 0 Å². The van der Waals surface area contributed by atoms with E-state index in [1.54, 1.807) is 0 Å². The molecule has 0 radical (unpaired) electrons. The fraction of sp³-hybridized carbons (Fsp3) is 0.778. The van der Waals surface area contributed by atoms with Gasteiger partial charge in [0, 0.05) is 35.4 Å². The zero-order valence-electron chi connectivity index (χ0n) is 14.5. The van der Waals surface area contributed by atoms with E-state index in [2.05, 4.69) is 46.4 Å². The monoisotopic (exact) mass is 287 g/mol. The summed E-state index contributed by atoms with van der Waals surface area (Å²) < 4.78 is 0. The maximum Gasteiger partial charge on any atom is 0.134 e. The van der Waals surface area contributed by atoms with Crippen LogP contribution in [0.4, 0.5) is 0 Å². The van der Waals surface area contributed by atoms with Crippen LogP contribution in [0.25, 0.3) is 0 Å². The molecule has 2 aliphatic heterocycles. The van der Waals surface area contributed by atoms with Crippen molar-refractivity contribution in [1.82, 2.24) is 14.9 Å². The molecule has 0 spiro atoms. The first-order valence-electron chi connectivity index (χ1n) is 8.34. The summed E-state index contributed by atoms with van der Waals surface area (Å²) in [4.78, 5) is 12.7. The highest BCUT2D eigenvalue weighted by Crippen LogP contribution is 2.42. The van der Waals surface area contributed by atoms with E-state index >= 15 is 0 Å². The van der Waals surface area contributed by atoms with E-state index < -0.39 is 0 Å². The first-order valence-corrected chi connectivity index (χ1v) is 8.34. The van der Waals surface area contributed by atoms with Crippen molar-refractivity contribution in [3.8, 4) is 0 Å². The van der Waals surface area contributed by atoms with Crippen LogP contribution in [-0.2, 0) is 17.3 Å². The van der Waals surface area contributed by atoms with E-state index in [9.17, 15) is 0 Å². The van der Waals surface area contributed by atoms with Crippen molar-refractivity contribution in [1.29, 1.82) is 0 Å². The minimum Gasteiger partial charge on any atom is -0.296 e. The SMILES string of the molecule is CC(C)(C)c1nc2c(c(C(C)(C)C)n1)C1CCCN1CC2. The van der Waals surface area contributed by atoms with Gasteiger partial charge in [0.25, 0.3) is 0 Å². The molecule has 1 aromatic heterocycles. The lowest BCUT2D eigenvalue weighted by Gasteiger charge is -2.36. The second-order valence-electron chi connectivity index (χ2n) is 8.70. The highest BCUT2D eigenvalue weighted by molar-refractivity contribution is 5.37. The van der Waals surface area contributed by atoms with Crippen molar-refractivity contribution in [3.63, 3.8) is 0 Å². The standard InChI is InChI=1S/C18H29N3/c1-17(2,3)15-14-12(19-16(20-15)18(4,5)6)9-11-21-10-7-8-13(14)21/h13H,7-11H2,1-6H3. The van der Waals surface area contributed by atoms with Gasteiger partial charge in [0.1, 0.15) is 5.82 Å². The molecule has 3 rings (SSSR count). The largest absolute Gasteiger partial charge is 0.296 e. The Morgan fingerprint density at radius 1 is 0.952 bits per heavy atom. The zero-order chi connectivity index (χ0) is 15.4. The van der Waals surface area contributed by atoms with Crippen LogP contribution in [-0.4, -0.2) is 28.0 Å². The topological polar surface area (TPSA) is 29.0 Å². The second kappa shape index (κ2) is 4.77. The van der Waals surface area contributed by atoms with Gasteiger partial charge in [-0.1, -0.05) is 41.5 Å².